The number of hydrogen-bond donors (Lipinski definition) is 2. The summed E-state index contributed by atoms with van der Waals surface area (Å²) in [5, 5.41) is 9.84. The summed E-state index contributed by atoms with van der Waals surface area (Å²) in [6.07, 6.45) is 7.95. The number of aromatic nitrogens is 2. The molecule has 3 heterocycles. The zero-order chi connectivity index (χ0) is 20.3. The molecular weight excluding hydrogens is 412 g/mol. The predicted octanol–water partition coefficient (Wildman–Crippen LogP) is 6.44. The Kier molecular flexibility index (Phi) is 5.13. The van der Waals surface area contributed by atoms with E-state index in [4.69, 9.17) is 9.97 Å². The summed E-state index contributed by atoms with van der Waals surface area (Å²) in [6.45, 7) is 0. The molecule has 1 aromatic carbocycles. The van der Waals surface area contributed by atoms with Crippen LogP contribution in [0, 0.1) is 0 Å². The highest BCUT2D eigenvalue weighted by Crippen LogP contribution is 2.35. The summed E-state index contributed by atoms with van der Waals surface area (Å²) >= 11 is 3.29. The minimum Gasteiger partial charge on any atom is -0.308 e. The van der Waals surface area contributed by atoms with Crippen LogP contribution in [0.5, 0.6) is 0 Å². The minimum absolute atomic E-state index is 0.270. The normalized spacial score (nSPS) is 13.3. The number of nitrogens with zero attached hydrogens (tertiary/aromatic N) is 2. The first kappa shape index (κ1) is 18.7. The number of carbonyl (C=O) groups excluding carboxylic acids is 1. The van der Waals surface area contributed by atoms with Crippen molar-refractivity contribution in [2.75, 3.05) is 5.32 Å². The number of urea groups is 1. The topological polar surface area (TPSA) is 66.9 Å². The van der Waals surface area contributed by atoms with Crippen molar-refractivity contribution in [3.05, 3.63) is 77.1 Å². The van der Waals surface area contributed by atoms with E-state index < -0.39 is 0 Å². The summed E-state index contributed by atoms with van der Waals surface area (Å²) in [7, 11) is 0. The second-order valence-corrected chi connectivity index (χ2v) is 8.69. The molecule has 4 aromatic rings. The van der Waals surface area contributed by atoms with E-state index in [0.717, 1.165) is 50.7 Å². The van der Waals surface area contributed by atoms with E-state index in [9.17, 15) is 4.79 Å². The summed E-state index contributed by atoms with van der Waals surface area (Å²) < 4.78 is 0. The van der Waals surface area contributed by atoms with Gasteiger partial charge >= 0.3 is 6.03 Å². The van der Waals surface area contributed by atoms with E-state index >= 15 is 0 Å². The SMILES string of the molecule is O=C(NC1=CCCC=C1)Nc1ccc2nc(-c3cccs3)c(-c3cccs3)nc2c1. The van der Waals surface area contributed by atoms with Gasteiger partial charge in [-0.2, -0.15) is 0 Å². The molecular formula is C23H18N4OS2. The van der Waals surface area contributed by atoms with Gasteiger partial charge in [0.25, 0.3) is 0 Å². The zero-order valence-electron chi connectivity index (χ0n) is 16.0. The Morgan fingerprint density at radius 3 is 2.23 bits per heavy atom. The van der Waals surface area contributed by atoms with Crippen LogP contribution in [0.1, 0.15) is 12.8 Å². The number of nitrogens with one attached hydrogen (secondary N) is 2. The van der Waals surface area contributed by atoms with Crippen LogP contribution in [0.15, 0.2) is 77.1 Å². The fourth-order valence-corrected chi connectivity index (χ4v) is 4.73. The Morgan fingerprint density at radius 1 is 0.867 bits per heavy atom. The molecule has 0 saturated heterocycles. The van der Waals surface area contributed by atoms with Crippen LogP contribution in [0.2, 0.25) is 0 Å². The smallest absolute Gasteiger partial charge is 0.308 e. The molecule has 0 radical (unpaired) electrons. The van der Waals surface area contributed by atoms with Crippen molar-refractivity contribution in [3.63, 3.8) is 0 Å². The van der Waals surface area contributed by atoms with E-state index in [1.807, 2.05) is 53.2 Å². The van der Waals surface area contributed by atoms with E-state index in [-0.39, 0.29) is 6.03 Å². The number of thiophene rings is 2. The number of benzene rings is 1. The summed E-state index contributed by atoms with van der Waals surface area (Å²) in [4.78, 5) is 24.3. The molecule has 2 amide bonds. The first-order chi connectivity index (χ1) is 14.8. The highest BCUT2D eigenvalue weighted by Gasteiger charge is 2.15. The Morgan fingerprint density at radius 2 is 1.60 bits per heavy atom. The third kappa shape index (κ3) is 3.90. The van der Waals surface area contributed by atoms with Crippen molar-refractivity contribution in [1.82, 2.24) is 15.3 Å². The van der Waals surface area contributed by atoms with Gasteiger partial charge in [-0.05, 0) is 60.0 Å². The van der Waals surface area contributed by atoms with E-state index in [1.165, 1.54) is 0 Å². The Hall–Kier alpha value is -3.29. The first-order valence-electron chi connectivity index (χ1n) is 9.60. The lowest BCUT2D eigenvalue weighted by Gasteiger charge is -2.12. The minimum atomic E-state index is -0.270. The molecule has 0 atom stereocenters. The van der Waals surface area contributed by atoms with Crippen LogP contribution in [-0.2, 0) is 0 Å². The number of hydrogen-bond acceptors (Lipinski definition) is 5. The van der Waals surface area contributed by atoms with Crippen molar-refractivity contribution in [2.45, 2.75) is 12.8 Å². The molecule has 5 nitrogen and oxygen atoms in total. The van der Waals surface area contributed by atoms with Gasteiger partial charge in [0.1, 0.15) is 11.4 Å². The molecule has 0 spiro atoms. The number of amides is 2. The standard InChI is InChI=1S/C23H18N4OS2/c28-23(24-15-6-2-1-3-7-15)25-16-10-11-17-18(14-16)27-22(20-9-5-13-30-20)21(26-17)19-8-4-12-29-19/h2,4-14H,1,3H2,(H2,24,25,28). The molecule has 1 aliphatic rings. The average Bonchev–Trinajstić information content (AvgIpc) is 3.48. The highest BCUT2D eigenvalue weighted by atomic mass is 32.1. The lowest BCUT2D eigenvalue weighted by Crippen LogP contribution is -2.27. The zero-order valence-corrected chi connectivity index (χ0v) is 17.6. The quantitative estimate of drug-likeness (QED) is 0.391. The van der Waals surface area contributed by atoms with Gasteiger partial charge in [0, 0.05) is 11.4 Å². The van der Waals surface area contributed by atoms with Crippen molar-refractivity contribution >= 4 is 45.4 Å². The van der Waals surface area contributed by atoms with Crippen molar-refractivity contribution in [3.8, 4) is 21.1 Å². The Bertz CT molecular complexity index is 1260. The molecule has 5 rings (SSSR count). The van der Waals surface area contributed by atoms with Gasteiger partial charge in [-0.1, -0.05) is 24.3 Å². The van der Waals surface area contributed by atoms with Crippen molar-refractivity contribution in [2.24, 2.45) is 0 Å². The summed E-state index contributed by atoms with van der Waals surface area (Å²) in [5.41, 5.74) is 4.78. The van der Waals surface area contributed by atoms with Gasteiger partial charge in [-0.25, -0.2) is 14.8 Å². The molecule has 0 aliphatic heterocycles. The van der Waals surface area contributed by atoms with Crippen LogP contribution in [0.3, 0.4) is 0 Å². The second-order valence-electron chi connectivity index (χ2n) is 6.80. The van der Waals surface area contributed by atoms with Gasteiger partial charge in [0.15, 0.2) is 0 Å². The molecule has 0 fully saturated rings. The van der Waals surface area contributed by atoms with Crippen LogP contribution < -0.4 is 10.6 Å². The van der Waals surface area contributed by atoms with E-state index in [0.29, 0.717) is 5.69 Å². The van der Waals surface area contributed by atoms with Crippen LogP contribution in [0.25, 0.3) is 32.2 Å². The van der Waals surface area contributed by atoms with E-state index in [1.54, 1.807) is 22.7 Å². The Labute approximate surface area is 181 Å². The molecule has 0 unspecified atom stereocenters. The second kappa shape index (κ2) is 8.22. The number of carbonyl (C=O) groups is 1. The fraction of sp³-hybridized carbons (Fsp3) is 0.0870. The maximum Gasteiger partial charge on any atom is 0.323 e. The molecule has 148 valence electrons. The van der Waals surface area contributed by atoms with Gasteiger partial charge in [0.05, 0.1) is 20.8 Å². The number of fused-ring (bicyclic) bond motifs is 1. The van der Waals surface area contributed by atoms with Crippen molar-refractivity contribution in [1.29, 1.82) is 0 Å². The van der Waals surface area contributed by atoms with Crippen LogP contribution >= 0.6 is 22.7 Å². The fourth-order valence-electron chi connectivity index (χ4n) is 3.30. The highest BCUT2D eigenvalue weighted by molar-refractivity contribution is 7.14. The third-order valence-corrected chi connectivity index (χ3v) is 6.44. The van der Waals surface area contributed by atoms with Crippen LogP contribution in [0.4, 0.5) is 10.5 Å². The molecule has 0 saturated carbocycles. The number of anilines is 1. The van der Waals surface area contributed by atoms with Crippen molar-refractivity contribution < 1.29 is 4.79 Å². The first-order valence-corrected chi connectivity index (χ1v) is 11.4. The predicted molar refractivity (Wildman–Crippen MR) is 125 cm³/mol. The molecule has 2 N–H and O–H groups in total. The average molecular weight is 431 g/mol. The maximum atomic E-state index is 12.4. The molecule has 30 heavy (non-hydrogen) atoms. The van der Waals surface area contributed by atoms with Gasteiger partial charge in [0.2, 0.25) is 0 Å². The largest absolute Gasteiger partial charge is 0.323 e. The Balaban J connectivity index is 1.48. The lowest BCUT2D eigenvalue weighted by atomic mass is 10.1. The van der Waals surface area contributed by atoms with Gasteiger partial charge in [-0.15, -0.1) is 22.7 Å². The summed E-state index contributed by atoms with van der Waals surface area (Å²) in [6, 6.07) is 13.5. The monoisotopic (exact) mass is 430 g/mol. The van der Waals surface area contributed by atoms with Gasteiger partial charge in [-0.3, -0.25) is 0 Å². The molecule has 7 heteroatoms. The number of rotatable bonds is 4. The third-order valence-electron chi connectivity index (χ3n) is 4.68. The summed E-state index contributed by atoms with van der Waals surface area (Å²) in [5.74, 6) is 0. The van der Waals surface area contributed by atoms with Gasteiger partial charge < -0.3 is 10.6 Å². The molecule has 1 aliphatic carbocycles. The molecule has 0 bridgehead atoms. The number of allylic oxidation sites excluding steroid dienone is 3. The van der Waals surface area contributed by atoms with Crippen LogP contribution in [-0.4, -0.2) is 16.0 Å². The maximum absolute atomic E-state index is 12.4. The molecule has 3 aromatic heterocycles. The van der Waals surface area contributed by atoms with E-state index in [2.05, 4.69) is 28.8 Å². The lowest BCUT2D eigenvalue weighted by molar-refractivity contribution is 0.254.